The number of halogens is 1. The van der Waals surface area contributed by atoms with Gasteiger partial charge in [0.05, 0.1) is 23.3 Å². The van der Waals surface area contributed by atoms with Crippen molar-refractivity contribution in [3.8, 4) is 5.82 Å². The van der Waals surface area contributed by atoms with Crippen LogP contribution in [0, 0.1) is 25.6 Å². The van der Waals surface area contributed by atoms with Crippen LogP contribution in [0.1, 0.15) is 75.0 Å². The van der Waals surface area contributed by atoms with E-state index in [-0.39, 0.29) is 35.6 Å². The van der Waals surface area contributed by atoms with Crippen LogP contribution in [-0.4, -0.2) is 56.9 Å². The van der Waals surface area contributed by atoms with Crippen LogP contribution >= 0.6 is 0 Å². The summed E-state index contributed by atoms with van der Waals surface area (Å²) in [5.74, 6) is 1.01. The Morgan fingerprint density at radius 3 is 2.56 bits per heavy atom. The largest absolute Gasteiger partial charge is 0.343 e. The molecule has 2 amide bonds. The zero-order chi connectivity index (χ0) is 27.7. The van der Waals surface area contributed by atoms with Crippen molar-refractivity contribution in [1.29, 1.82) is 0 Å². The summed E-state index contributed by atoms with van der Waals surface area (Å²) in [6.07, 6.45) is 8.87. The highest BCUT2D eigenvalue weighted by atomic mass is 19.1. The maximum atomic E-state index is 14.1. The van der Waals surface area contributed by atoms with Crippen LogP contribution in [-0.2, 0) is 9.59 Å². The number of aryl methyl sites for hydroxylation is 2. The van der Waals surface area contributed by atoms with E-state index >= 15 is 0 Å². The van der Waals surface area contributed by atoms with E-state index in [1.165, 1.54) is 12.5 Å². The highest BCUT2D eigenvalue weighted by Gasteiger charge is 2.39. The molecule has 2 aliphatic rings. The van der Waals surface area contributed by atoms with Crippen LogP contribution in [0.4, 0.5) is 4.39 Å². The van der Waals surface area contributed by atoms with Gasteiger partial charge in [-0.3, -0.25) is 9.59 Å². The third kappa shape index (κ3) is 5.55. The lowest BCUT2D eigenvalue weighted by atomic mass is 9.83. The first-order valence-corrected chi connectivity index (χ1v) is 14.2. The van der Waals surface area contributed by atoms with Crippen molar-refractivity contribution >= 4 is 22.7 Å². The molecule has 9 heteroatoms. The molecule has 1 aromatic carbocycles. The first kappa shape index (κ1) is 27.2. The molecule has 3 aromatic rings. The van der Waals surface area contributed by atoms with E-state index in [1.54, 1.807) is 19.2 Å². The minimum Gasteiger partial charge on any atom is -0.343 e. The number of hydrogen-bond acceptors (Lipinski definition) is 5. The van der Waals surface area contributed by atoms with Gasteiger partial charge in [-0.2, -0.15) is 0 Å². The van der Waals surface area contributed by atoms with Gasteiger partial charge in [-0.15, -0.1) is 0 Å². The van der Waals surface area contributed by atoms with Crippen LogP contribution in [0.2, 0.25) is 0 Å². The predicted octanol–water partition coefficient (Wildman–Crippen LogP) is 4.51. The fourth-order valence-corrected chi connectivity index (χ4v) is 6.20. The zero-order valence-electron chi connectivity index (χ0n) is 23.3. The summed E-state index contributed by atoms with van der Waals surface area (Å²) in [7, 11) is 1.75. The lowest BCUT2D eigenvalue weighted by Crippen LogP contribution is -2.55. The Morgan fingerprint density at radius 2 is 1.82 bits per heavy atom. The van der Waals surface area contributed by atoms with Gasteiger partial charge in [0.25, 0.3) is 0 Å². The first-order valence-electron chi connectivity index (χ1n) is 14.2. The number of aromatic nitrogens is 3. The second kappa shape index (κ2) is 11.4. The summed E-state index contributed by atoms with van der Waals surface area (Å²) in [6, 6.07) is 5.61. The van der Waals surface area contributed by atoms with Crippen LogP contribution in [0.15, 0.2) is 30.5 Å². The summed E-state index contributed by atoms with van der Waals surface area (Å²) < 4.78 is 15.9. The number of nitrogens with zero attached hydrogens (tertiary/aromatic N) is 4. The van der Waals surface area contributed by atoms with Gasteiger partial charge < -0.3 is 20.1 Å². The van der Waals surface area contributed by atoms with Gasteiger partial charge in [-0.1, -0.05) is 19.3 Å². The monoisotopic (exact) mass is 534 g/mol. The minimum absolute atomic E-state index is 0.0170. The smallest absolute Gasteiger partial charge is 0.246 e. The van der Waals surface area contributed by atoms with Gasteiger partial charge in [0.1, 0.15) is 23.5 Å². The fourth-order valence-electron chi connectivity index (χ4n) is 6.20. The molecule has 5 rings (SSSR count). The lowest BCUT2D eigenvalue weighted by molar-refractivity contribution is -0.139. The average molecular weight is 535 g/mol. The van der Waals surface area contributed by atoms with Gasteiger partial charge in [0, 0.05) is 24.2 Å². The fraction of sp³-hybridized carbons (Fsp3) is 0.533. The van der Waals surface area contributed by atoms with E-state index in [0.29, 0.717) is 18.2 Å². The van der Waals surface area contributed by atoms with Crippen molar-refractivity contribution in [3.63, 3.8) is 0 Å². The Labute approximate surface area is 229 Å². The number of rotatable bonds is 7. The Balaban J connectivity index is 1.47. The topological polar surface area (TPSA) is 92.2 Å². The normalized spacial score (nSPS) is 19.8. The molecule has 0 radical (unpaired) electrons. The van der Waals surface area contributed by atoms with Gasteiger partial charge >= 0.3 is 0 Å². The molecule has 0 bridgehead atoms. The number of nitrogens with one attached hydrogen (secondary N) is 2. The highest BCUT2D eigenvalue weighted by molar-refractivity contribution is 5.90. The molecule has 1 saturated carbocycles. The predicted molar refractivity (Wildman–Crippen MR) is 149 cm³/mol. The summed E-state index contributed by atoms with van der Waals surface area (Å²) in [5, 5.41) is 6.93. The molecule has 1 aliphatic heterocycles. The number of hydrogen-bond donors (Lipinski definition) is 2. The van der Waals surface area contributed by atoms with Crippen molar-refractivity contribution in [2.45, 2.75) is 83.8 Å². The number of amides is 2. The molecular formula is C30H39FN6O2. The summed E-state index contributed by atoms with van der Waals surface area (Å²) in [4.78, 5) is 38.4. The molecule has 2 N–H and O–H groups in total. The van der Waals surface area contributed by atoms with Crippen LogP contribution < -0.4 is 10.6 Å². The lowest BCUT2D eigenvalue weighted by Gasteiger charge is -2.35. The number of carbonyl (C=O) groups excluding carboxylic acids is 2. The maximum absolute atomic E-state index is 14.1. The molecular weight excluding hydrogens is 495 g/mol. The number of benzene rings is 1. The SMILES string of the molecule is CN[C@@H](C)C(=O)N[C@H](C(=O)N1CCC[C@H]1c1cc(-n2cc(C)c3cc(F)ccc32)nc(C)n1)C1CCCCC1. The number of likely N-dealkylation sites (tertiary alicyclic amines) is 1. The third-order valence-corrected chi connectivity index (χ3v) is 8.45. The van der Waals surface area contributed by atoms with E-state index < -0.39 is 6.04 Å². The quantitative estimate of drug-likeness (QED) is 0.465. The standard InChI is InChI=1S/C30H39FN6O2/c1-18-17-37(25-13-12-22(31)15-23(18)25)27-16-24(33-20(3)34-27)26-11-8-14-36(26)30(39)28(21-9-6-5-7-10-21)35-29(38)19(2)32-4/h12-13,15-17,19,21,26,28,32H,5-11,14H2,1-4H3,(H,35,38)/t19-,26-,28-/m0/s1. The Kier molecular flexibility index (Phi) is 7.98. The molecule has 0 spiro atoms. The molecule has 8 nitrogen and oxygen atoms in total. The van der Waals surface area contributed by atoms with E-state index in [1.807, 2.05) is 42.5 Å². The molecule has 2 fully saturated rings. The molecule has 39 heavy (non-hydrogen) atoms. The van der Waals surface area contributed by atoms with Crippen molar-refractivity contribution < 1.29 is 14.0 Å². The summed E-state index contributed by atoms with van der Waals surface area (Å²) >= 11 is 0. The second-order valence-corrected chi connectivity index (χ2v) is 11.1. The molecule has 2 aromatic heterocycles. The number of fused-ring (bicyclic) bond motifs is 1. The molecule has 3 atom stereocenters. The van der Waals surface area contributed by atoms with Crippen LogP contribution in [0.5, 0.6) is 0 Å². The summed E-state index contributed by atoms with van der Waals surface area (Å²) in [6.45, 7) is 6.26. The van der Waals surface area contributed by atoms with Crippen molar-refractivity contribution in [2.24, 2.45) is 5.92 Å². The summed E-state index contributed by atoms with van der Waals surface area (Å²) in [5.41, 5.74) is 2.63. The van der Waals surface area contributed by atoms with E-state index in [2.05, 4.69) is 10.6 Å². The number of carbonyl (C=O) groups is 2. The van der Waals surface area contributed by atoms with E-state index in [0.717, 1.165) is 60.7 Å². The highest BCUT2D eigenvalue weighted by Crippen LogP contribution is 2.35. The van der Waals surface area contributed by atoms with Crippen molar-refractivity contribution in [2.75, 3.05) is 13.6 Å². The van der Waals surface area contributed by atoms with Gasteiger partial charge in [-0.25, -0.2) is 14.4 Å². The average Bonchev–Trinajstić information content (AvgIpc) is 3.56. The van der Waals surface area contributed by atoms with Gasteiger partial charge in [-0.05, 0) is 83.2 Å². The van der Waals surface area contributed by atoms with Crippen LogP contribution in [0.25, 0.3) is 16.7 Å². The molecule has 1 saturated heterocycles. The molecule has 1 aliphatic carbocycles. The maximum Gasteiger partial charge on any atom is 0.246 e. The molecule has 0 unspecified atom stereocenters. The Hall–Kier alpha value is -3.33. The van der Waals surface area contributed by atoms with E-state index in [4.69, 9.17) is 9.97 Å². The minimum atomic E-state index is -0.539. The van der Waals surface area contributed by atoms with Crippen molar-refractivity contribution in [3.05, 3.63) is 53.4 Å². The first-order chi connectivity index (χ1) is 18.8. The molecule has 3 heterocycles. The van der Waals surface area contributed by atoms with Crippen molar-refractivity contribution in [1.82, 2.24) is 30.1 Å². The van der Waals surface area contributed by atoms with Crippen LogP contribution in [0.3, 0.4) is 0 Å². The van der Waals surface area contributed by atoms with Gasteiger partial charge in [0.15, 0.2) is 0 Å². The number of likely N-dealkylation sites (N-methyl/N-ethyl adjacent to an activating group) is 1. The van der Waals surface area contributed by atoms with Gasteiger partial charge in [0.2, 0.25) is 11.8 Å². The zero-order valence-corrected chi connectivity index (χ0v) is 23.3. The second-order valence-electron chi connectivity index (χ2n) is 11.1. The molecule has 208 valence electrons. The Morgan fingerprint density at radius 1 is 1.05 bits per heavy atom. The Bertz CT molecular complexity index is 1360. The van der Waals surface area contributed by atoms with E-state index in [9.17, 15) is 14.0 Å². The third-order valence-electron chi connectivity index (χ3n) is 8.45.